The minimum Gasteiger partial charge on any atom is -0.337 e. The molecule has 4 nitrogen and oxygen atoms in total. The van der Waals surface area contributed by atoms with E-state index in [1.54, 1.807) is 12.1 Å². The van der Waals surface area contributed by atoms with Crippen LogP contribution in [0, 0.1) is 5.82 Å². The number of benzene rings is 1. The predicted molar refractivity (Wildman–Crippen MR) is 64.2 cm³/mol. The number of nitrogens with two attached hydrogens (primary N) is 1. The van der Waals surface area contributed by atoms with Crippen LogP contribution in [-0.2, 0) is 0 Å². The molecule has 1 atom stereocenters. The van der Waals surface area contributed by atoms with Crippen LogP contribution in [0.1, 0.15) is 25.3 Å². The lowest BCUT2D eigenvalue weighted by Crippen LogP contribution is -2.08. The van der Waals surface area contributed by atoms with Gasteiger partial charge in [-0.15, -0.1) is 12.4 Å². The molecular weight excluding hydrogens is 245 g/mol. The third kappa shape index (κ3) is 3.01. The second-order valence-corrected chi connectivity index (χ2v) is 3.48. The Balaban J connectivity index is 0.00000144. The van der Waals surface area contributed by atoms with Gasteiger partial charge in [0, 0.05) is 5.56 Å². The largest absolute Gasteiger partial charge is 0.337 e. The topological polar surface area (TPSA) is 64.9 Å². The summed E-state index contributed by atoms with van der Waals surface area (Å²) in [5, 5.41) is 3.76. The molecule has 0 aliphatic heterocycles. The van der Waals surface area contributed by atoms with E-state index in [9.17, 15) is 4.39 Å². The van der Waals surface area contributed by atoms with Crippen LogP contribution >= 0.6 is 12.4 Å². The molecule has 0 radical (unpaired) electrons. The van der Waals surface area contributed by atoms with Crippen LogP contribution in [-0.4, -0.2) is 10.1 Å². The average molecular weight is 258 g/mol. The fraction of sp³-hybridized carbons (Fsp3) is 0.273. The van der Waals surface area contributed by atoms with Gasteiger partial charge in [-0.3, -0.25) is 0 Å². The van der Waals surface area contributed by atoms with Crippen molar-refractivity contribution in [3.05, 3.63) is 36.0 Å². The Kier molecular flexibility index (Phi) is 4.60. The molecule has 0 fully saturated rings. The second kappa shape index (κ2) is 5.75. The summed E-state index contributed by atoms with van der Waals surface area (Å²) in [6, 6.07) is 5.76. The number of nitrogens with zero attached hydrogens (tertiary/aromatic N) is 2. The first-order chi connectivity index (χ1) is 7.70. The fourth-order valence-electron chi connectivity index (χ4n) is 1.31. The van der Waals surface area contributed by atoms with Gasteiger partial charge in [0.15, 0.2) is 0 Å². The summed E-state index contributed by atoms with van der Waals surface area (Å²) in [5.74, 6) is 0.406. The van der Waals surface area contributed by atoms with Gasteiger partial charge in [-0.05, 0) is 18.6 Å². The Morgan fingerprint density at radius 1 is 1.47 bits per heavy atom. The van der Waals surface area contributed by atoms with E-state index < -0.39 is 0 Å². The smallest absolute Gasteiger partial charge is 0.243 e. The zero-order valence-corrected chi connectivity index (χ0v) is 10.1. The van der Waals surface area contributed by atoms with E-state index in [1.165, 1.54) is 12.1 Å². The van der Waals surface area contributed by atoms with Crippen LogP contribution in [0.4, 0.5) is 4.39 Å². The lowest BCUT2D eigenvalue weighted by Gasteiger charge is -1.99. The molecule has 0 bridgehead atoms. The highest BCUT2D eigenvalue weighted by atomic mass is 35.5. The lowest BCUT2D eigenvalue weighted by molar-refractivity contribution is 0.352. The molecule has 2 rings (SSSR count). The van der Waals surface area contributed by atoms with Crippen molar-refractivity contribution in [2.45, 2.75) is 19.4 Å². The molecule has 0 spiro atoms. The van der Waals surface area contributed by atoms with Crippen molar-refractivity contribution in [3.8, 4) is 11.4 Å². The van der Waals surface area contributed by atoms with Crippen molar-refractivity contribution >= 4 is 12.4 Å². The SMILES string of the molecule is CC[C@H](N)c1nc(-c2cccc(F)c2)no1.Cl. The molecule has 0 saturated heterocycles. The van der Waals surface area contributed by atoms with Crippen molar-refractivity contribution in [2.75, 3.05) is 0 Å². The highest BCUT2D eigenvalue weighted by molar-refractivity contribution is 5.85. The highest BCUT2D eigenvalue weighted by Crippen LogP contribution is 2.19. The Labute approximate surface area is 104 Å². The van der Waals surface area contributed by atoms with E-state index >= 15 is 0 Å². The molecule has 17 heavy (non-hydrogen) atoms. The van der Waals surface area contributed by atoms with E-state index in [-0.39, 0.29) is 24.3 Å². The summed E-state index contributed by atoms with van der Waals surface area (Å²) in [6.07, 6.45) is 0.713. The van der Waals surface area contributed by atoms with Gasteiger partial charge in [-0.2, -0.15) is 4.98 Å². The summed E-state index contributed by atoms with van der Waals surface area (Å²) in [4.78, 5) is 4.12. The van der Waals surface area contributed by atoms with Crippen molar-refractivity contribution in [2.24, 2.45) is 5.73 Å². The number of rotatable bonds is 3. The molecule has 92 valence electrons. The summed E-state index contributed by atoms with van der Waals surface area (Å²) >= 11 is 0. The van der Waals surface area contributed by atoms with Crippen LogP contribution in [0.5, 0.6) is 0 Å². The third-order valence-electron chi connectivity index (χ3n) is 2.28. The van der Waals surface area contributed by atoms with Crippen LogP contribution in [0.3, 0.4) is 0 Å². The predicted octanol–water partition coefficient (Wildman–Crippen LogP) is 2.71. The Hall–Kier alpha value is -1.46. The maximum atomic E-state index is 13.0. The first-order valence-electron chi connectivity index (χ1n) is 5.06. The van der Waals surface area contributed by atoms with Gasteiger partial charge < -0.3 is 10.3 Å². The molecule has 0 aliphatic carbocycles. The van der Waals surface area contributed by atoms with E-state index in [0.29, 0.717) is 23.7 Å². The van der Waals surface area contributed by atoms with E-state index in [4.69, 9.17) is 10.3 Å². The first-order valence-corrected chi connectivity index (χ1v) is 5.06. The van der Waals surface area contributed by atoms with E-state index in [2.05, 4.69) is 10.1 Å². The molecular formula is C11H13ClFN3O. The normalized spacial score (nSPS) is 11.9. The van der Waals surface area contributed by atoms with E-state index in [1.807, 2.05) is 6.92 Å². The Morgan fingerprint density at radius 2 is 2.24 bits per heavy atom. The third-order valence-corrected chi connectivity index (χ3v) is 2.28. The molecule has 0 unspecified atom stereocenters. The monoisotopic (exact) mass is 257 g/mol. The van der Waals surface area contributed by atoms with Crippen molar-refractivity contribution in [3.63, 3.8) is 0 Å². The van der Waals surface area contributed by atoms with Gasteiger partial charge in [-0.25, -0.2) is 4.39 Å². The molecule has 2 aromatic rings. The summed E-state index contributed by atoms with van der Waals surface area (Å²) < 4.78 is 18.0. The van der Waals surface area contributed by atoms with Crippen LogP contribution < -0.4 is 5.73 Å². The van der Waals surface area contributed by atoms with Gasteiger partial charge in [-0.1, -0.05) is 24.2 Å². The molecule has 1 aromatic heterocycles. The number of hydrogen-bond acceptors (Lipinski definition) is 4. The van der Waals surface area contributed by atoms with Gasteiger partial charge in [0.05, 0.1) is 6.04 Å². The van der Waals surface area contributed by atoms with Gasteiger partial charge >= 0.3 is 0 Å². The zero-order chi connectivity index (χ0) is 11.5. The standard InChI is InChI=1S/C11H12FN3O.ClH/c1-2-9(13)11-14-10(15-16-11)7-4-3-5-8(12)6-7;/h3-6,9H,2,13H2,1H3;1H/t9-;/m0./s1. The van der Waals surface area contributed by atoms with Crippen LogP contribution in [0.25, 0.3) is 11.4 Å². The number of halogens is 2. The van der Waals surface area contributed by atoms with Gasteiger partial charge in [0.1, 0.15) is 5.82 Å². The molecule has 0 amide bonds. The van der Waals surface area contributed by atoms with Gasteiger partial charge in [0.25, 0.3) is 0 Å². The molecule has 0 saturated carbocycles. The maximum Gasteiger partial charge on any atom is 0.243 e. The number of hydrogen-bond donors (Lipinski definition) is 1. The second-order valence-electron chi connectivity index (χ2n) is 3.48. The van der Waals surface area contributed by atoms with E-state index in [0.717, 1.165) is 0 Å². The minimum atomic E-state index is -0.330. The molecule has 2 N–H and O–H groups in total. The summed E-state index contributed by atoms with van der Waals surface area (Å²) in [5.41, 5.74) is 6.33. The average Bonchev–Trinajstić information content (AvgIpc) is 2.77. The quantitative estimate of drug-likeness (QED) is 0.918. The Bertz CT molecular complexity index is 489. The van der Waals surface area contributed by atoms with Crippen molar-refractivity contribution in [1.29, 1.82) is 0 Å². The maximum absolute atomic E-state index is 13.0. The van der Waals surface area contributed by atoms with Crippen LogP contribution in [0.15, 0.2) is 28.8 Å². The molecule has 6 heteroatoms. The zero-order valence-electron chi connectivity index (χ0n) is 9.26. The molecule has 0 aliphatic rings. The van der Waals surface area contributed by atoms with Crippen LogP contribution in [0.2, 0.25) is 0 Å². The van der Waals surface area contributed by atoms with Crippen molar-refractivity contribution in [1.82, 2.24) is 10.1 Å². The Morgan fingerprint density at radius 3 is 2.88 bits per heavy atom. The number of aromatic nitrogens is 2. The molecule has 1 heterocycles. The summed E-state index contributed by atoms with van der Waals surface area (Å²) in [6.45, 7) is 1.93. The molecule has 1 aromatic carbocycles. The first kappa shape index (κ1) is 13.6. The van der Waals surface area contributed by atoms with Gasteiger partial charge in [0.2, 0.25) is 11.7 Å². The fourth-order valence-corrected chi connectivity index (χ4v) is 1.31. The van der Waals surface area contributed by atoms with Crippen molar-refractivity contribution < 1.29 is 8.91 Å². The highest BCUT2D eigenvalue weighted by Gasteiger charge is 2.13. The summed E-state index contributed by atoms with van der Waals surface area (Å²) in [7, 11) is 0. The minimum absolute atomic E-state index is 0. The lowest BCUT2D eigenvalue weighted by atomic mass is 10.2.